The number of hydrogen-bond donors (Lipinski definition) is 0. The van der Waals surface area contributed by atoms with Gasteiger partial charge in [-0.1, -0.05) is 15.9 Å². The molecule has 2 aromatic heterocycles. The highest BCUT2D eigenvalue weighted by Gasteiger charge is 2.33. The summed E-state index contributed by atoms with van der Waals surface area (Å²) < 4.78 is 2.61. The van der Waals surface area contributed by atoms with Crippen molar-refractivity contribution in [1.82, 2.24) is 14.6 Å². The van der Waals surface area contributed by atoms with E-state index in [4.69, 9.17) is 0 Å². The number of hydrogen-bond acceptors (Lipinski definition) is 3. The van der Waals surface area contributed by atoms with Crippen LogP contribution in [0.25, 0.3) is 5.65 Å². The van der Waals surface area contributed by atoms with E-state index in [1.807, 2.05) is 18.3 Å². The summed E-state index contributed by atoms with van der Waals surface area (Å²) in [5.74, 6) is 0.748. The highest BCUT2D eigenvalue weighted by molar-refractivity contribution is 9.10. The van der Waals surface area contributed by atoms with Gasteiger partial charge in [0.15, 0.2) is 5.65 Å². The Bertz CT molecular complexity index is 590. The molecule has 0 radical (unpaired) electrons. The predicted octanol–water partition coefficient (Wildman–Crippen LogP) is 1.86. The number of pyridine rings is 1. The van der Waals surface area contributed by atoms with Crippen LogP contribution in [0.1, 0.15) is 12.8 Å². The number of fused-ring (bicyclic) bond motifs is 1. The van der Waals surface area contributed by atoms with E-state index in [1.54, 1.807) is 16.5 Å². The molecule has 2 aromatic rings. The van der Waals surface area contributed by atoms with Gasteiger partial charge in [-0.05, 0) is 25.0 Å². The molecule has 0 aliphatic heterocycles. The minimum Gasteiger partial charge on any atom is -0.282 e. The summed E-state index contributed by atoms with van der Waals surface area (Å²) in [4.78, 5) is 17.7. The number of rotatable bonds is 2. The molecule has 3 rings (SSSR count). The number of amides is 1. The molecule has 5 nitrogen and oxygen atoms in total. The van der Waals surface area contributed by atoms with Gasteiger partial charge in [0.05, 0.1) is 0 Å². The second-order valence-electron chi connectivity index (χ2n) is 4.23. The fourth-order valence-electron chi connectivity index (χ4n) is 1.69. The molecule has 17 heavy (non-hydrogen) atoms. The van der Waals surface area contributed by atoms with E-state index >= 15 is 0 Å². The van der Waals surface area contributed by atoms with Crippen LogP contribution in [0.15, 0.2) is 22.8 Å². The first-order valence-electron chi connectivity index (χ1n) is 5.44. The van der Waals surface area contributed by atoms with Crippen LogP contribution in [0.5, 0.6) is 0 Å². The van der Waals surface area contributed by atoms with E-state index in [0.29, 0.717) is 5.95 Å². The van der Waals surface area contributed by atoms with Crippen molar-refractivity contribution in [2.24, 2.45) is 5.92 Å². The minimum atomic E-state index is 0.111. The van der Waals surface area contributed by atoms with Crippen LogP contribution in [0.4, 0.5) is 5.95 Å². The highest BCUT2D eigenvalue weighted by Crippen LogP contribution is 2.31. The Labute approximate surface area is 107 Å². The monoisotopic (exact) mass is 294 g/mol. The van der Waals surface area contributed by atoms with Gasteiger partial charge in [0.25, 0.3) is 5.95 Å². The molecule has 0 saturated heterocycles. The summed E-state index contributed by atoms with van der Waals surface area (Å²) in [5, 5.41) is 4.27. The third-order valence-electron chi connectivity index (χ3n) is 2.85. The summed E-state index contributed by atoms with van der Waals surface area (Å²) in [6, 6.07) is 3.75. The largest absolute Gasteiger partial charge is 0.282 e. The predicted molar refractivity (Wildman–Crippen MR) is 66.8 cm³/mol. The SMILES string of the molecule is CN(C(=O)C1CC1)c1nc2cc(Br)ccn2n1. The van der Waals surface area contributed by atoms with Crippen LogP contribution in [0, 0.1) is 5.92 Å². The maximum absolute atomic E-state index is 11.9. The normalized spacial score (nSPS) is 15.2. The van der Waals surface area contributed by atoms with Gasteiger partial charge in [-0.15, -0.1) is 5.10 Å². The van der Waals surface area contributed by atoms with Gasteiger partial charge < -0.3 is 0 Å². The summed E-state index contributed by atoms with van der Waals surface area (Å²) in [7, 11) is 1.73. The summed E-state index contributed by atoms with van der Waals surface area (Å²) in [6.45, 7) is 0. The van der Waals surface area contributed by atoms with Crippen LogP contribution in [0.2, 0.25) is 0 Å². The fraction of sp³-hybridized carbons (Fsp3) is 0.364. The van der Waals surface area contributed by atoms with Crippen molar-refractivity contribution in [3.63, 3.8) is 0 Å². The molecule has 0 N–H and O–H groups in total. The smallest absolute Gasteiger partial charge is 0.252 e. The van der Waals surface area contributed by atoms with E-state index in [1.165, 1.54) is 0 Å². The van der Waals surface area contributed by atoms with Gasteiger partial charge in [0, 0.05) is 23.6 Å². The molecule has 1 amide bonds. The molecule has 1 fully saturated rings. The van der Waals surface area contributed by atoms with E-state index in [0.717, 1.165) is 23.0 Å². The Morgan fingerprint density at radius 3 is 3.06 bits per heavy atom. The lowest BCUT2D eigenvalue weighted by Gasteiger charge is -2.11. The topological polar surface area (TPSA) is 50.5 Å². The molecule has 1 aliphatic carbocycles. The first-order chi connectivity index (χ1) is 8.15. The maximum atomic E-state index is 11.9. The van der Waals surface area contributed by atoms with Crippen molar-refractivity contribution in [2.75, 3.05) is 11.9 Å². The molecule has 0 unspecified atom stereocenters. The Balaban J connectivity index is 1.96. The van der Waals surface area contributed by atoms with Crippen LogP contribution >= 0.6 is 15.9 Å². The van der Waals surface area contributed by atoms with Gasteiger partial charge in [-0.3, -0.25) is 9.69 Å². The summed E-state index contributed by atoms with van der Waals surface area (Å²) in [5.41, 5.74) is 0.727. The molecule has 0 spiro atoms. The molecule has 6 heteroatoms. The summed E-state index contributed by atoms with van der Waals surface area (Å²) in [6.07, 6.45) is 3.79. The Kier molecular flexibility index (Phi) is 2.39. The average Bonchev–Trinajstić information content (AvgIpc) is 3.07. The first-order valence-corrected chi connectivity index (χ1v) is 6.24. The van der Waals surface area contributed by atoms with Gasteiger partial charge in [-0.2, -0.15) is 4.98 Å². The third-order valence-corrected chi connectivity index (χ3v) is 3.34. The van der Waals surface area contributed by atoms with Gasteiger partial charge in [0.1, 0.15) is 0 Å². The van der Waals surface area contributed by atoms with E-state index in [-0.39, 0.29) is 11.8 Å². The standard InChI is InChI=1S/C11H11BrN4O/c1-15(10(17)7-2-3-7)11-13-9-6-8(12)4-5-16(9)14-11/h4-7H,2-3H2,1H3. The van der Waals surface area contributed by atoms with Crippen molar-refractivity contribution in [1.29, 1.82) is 0 Å². The second kappa shape index (κ2) is 3.80. The van der Waals surface area contributed by atoms with Crippen molar-refractivity contribution in [3.8, 4) is 0 Å². The first kappa shape index (κ1) is 10.7. The number of halogens is 1. The van der Waals surface area contributed by atoms with Gasteiger partial charge in [-0.25, -0.2) is 4.52 Å². The quantitative estimate of drug-likeness (QED) is 0.850. The number of aromatic nitrogens is 3. The van der Waals surface area contributed by atoms with E-state index < -0.39 is 0 Å². The van der Waals surface area contributed by atoms with Crippen molar-refractivity contribution < 1.29 is 4.79 Å². The van der Waals surface area contributed by atoms with Crippen LogP contribution < -0.4 is 4.90 Å². The lowest BCUT2D eigenvalue weighted by molar-refractivity contribution is -0.119. The fourth-order valence-corrected chi connectivity index (χ4v) is 2.01. The molecule has 0 aromatic carbocycles. The molecule has 88 valence electrons. The lowest BCUT2D eigenvalue weighted by atomic mass is 10.4. The molecular formula is C11H11BrN4O. The van der Waals surface area contributed by atoms with Crippen molar-refractivity contribution in [3.05, 3.63) is 22.8 Å². The van der Waals surface area contributed by atoms with Crippen LogP contribution in [-0.4, -0.2) is 27.6 Å². The third kappa shape index (κ3) is 1.93. The second-order valence-corrected chi connectivity index (χ2v) is 5.15. The maximum Gasteiger partial charge on any atom is 0.252 e. The zero-order valence-electron chi connectivity index (χ0n) is 9.30. The zero-order valence-corrected chi connectivity index (χ0v) is 10.9. The van der Waals surface area contributed by atoms with E-state index in [2.05, 4.69) is 26.0 Å². The summed E-state index contributed by atoms with van der Waals surface area (Å²) >= 11 is 3.38. The van der Waals surface area contributed by atoms with Crippen molar-refractivity contribution in [2.45, 2.75) is 12.8 Å². The van der Waals surface area contributed by atoms with Crippen molar-refractivity contribution >= 4 is 33.4 Å². The number of nitrogens with zero attached hydrogens (tertiary/aromatic N) is 4. The van der Waals surface area contributed by atoms with E-state index in [9.17, 15) is 4.79 Å². The molecule has 1 aliphatic rings. The molecule has 0 atom stereocenters. The Hall–Kier alpha value is -1.43. The Morgan fingerprint density at radius 2 is 2.35 bits per heavy atom. The minimum absolute atomic E-state index is 0.111. The van der Waals surface area contributed by atoms with Gasteiger partial charge in [0.2, 0.25) is 5.91 Å². The number of carbonyl (C=O) groups is 1. The zero-order chi connectivity index (χ0) is 12.0. The molecule has 1 saturated carbocycles. The Morgan fingerprint density at radius 1 is 1.59 bits per heavy atom. The molecular weight excluding hydrogens is 284 g/mol. The molecule has 0 bridgehead atoms. The highest BCUT2D eigenvalue weighted by atomic mass is 79.9. The van der Waals surface area contributed by atoms with Gasteiger partial charge >= 0.3 is 0 Å². The molecule has 2 heterocycles. The average molecular weight is 295 g/mol. The van der Waals surface area contributed by atoms with Crippen LogP contribution in [0.3, 0.4) is 0 Å². The number of carbonyl (C=O) groups excluding carboxylic acids is 1. The number of anilines is 1. The lowest BCUT2D eigenvalue weighted by Crippen LogP contribution is -2.28. The van der Waals surface area contributed by atoms with Crippen LogP contribution in [-0.2, 0) is 4.79 Å².